The van der Waals surface area contributed by atoms with Crippen LogP contribution in [0.2, 0.25) is 0 Å². The molecule has 3 fully saturated rings. The number of nitrogens with zero attached hydrogens (tertiary/aromatic N) is 4. The Balaban J connectivity index is 1.14. The molecule has 0 saturated carbocycles. The number of likely N-dealkylation sites (tertiary alicyclic amines) is 2. The molecule has 1 spiro atoms. The maximum Gasteiger partial charge on any atom is 0.247 e. The van der Waals surface area contributed by atoms with E-state index in [1.807, 2.05) is 29.3 Å². The summed E-state index contributed by atoms with van der Waals surface area (Å²) in [5.74, 6) is 1.47. The number of benzene rings is 1. The molecule has 4 aliphatic heterocycles. The Hall–Kier alpha value is -2.87. The molecule has 0 radical (unpaired) electrons. The van der Waals surface area contributed by atoms with Crippen LogP contribution in [-0.4, -0.2) is 72.8 Å². The number of nitrogens with two attached hydrogens (primary N) is 1. The van der Waals surface area contributed by atoms with Gasteiger partial charge in [0.05, 0.1) is 6.67 Å². The van der Waals surface area contributed by atoms with E-state index in [2.05, 4.69) is 38.3 Å². The Bertz CT molecular complexity index is 929. The number of aliphatic imine (C=N–C) groups is 1. The third kappa shape index (κ3) is 4.36. The lowest BCUT2D eigenvalue weighted by molar-refractivity contribution is -0.140. The molecule has 176 valence electrons. The van der Waals surface area contributed by atoms with Crippen LogP contribution in [0.25, 0.3) is 0 Å². The van der Waals surface area contributed by atoms with Crippen LogP contribution in [0.15, 0.2) is 47.2 Å². The number of amides is 2. The van der Waals surface area contributed by atoms with Gasteiger partial charge in [-0.05, 0) is 69.3 Å². The molecule has 8 heteroatoms. The number of rotatable bonds is 4. The molecule has 3 N–H and O–H groups in total. The minimum atomic E-state index is -0.542. The number of anilines is 1. The van der Waals surface area contributed by atoms with Crippen molar-refractivity contribution in [1.82, 2.24) is 15.1 Å². The van der Waals surface area contributed by atoms with E-state index in [4.69, 9.17) is 5.73 Å². The van der Waals surface area contributed by atoms with Gasteiger partial charge in [-0.15, -0.1) is 0 Å². The van der Waals surface area contributed by atoms with Gasteiger partial charge in [0.25, 0.3) is 0 Å². The molecule has 1 aromatic rings. The van der Waals surface area contributed by atoms with Crippen LogP contribution in [0.4, 0.5) is 5.69 Å². The fourth-order valence-electron chi connectivity index (χ4n) is 5.86. The van der Waals surface area contributed by atoms with Crippen LogP contribution in [0, 0.1) is 11.8 Å². The maximum atomic E-state index is 13.3. The highest BCUT2D eigenvalue weighted by Crippen LogP contribution is 2.37. The smallest absolute Gasteiger partial charge is 0.247 e. The van der Waals surface area contributed by atoms with E-state index in [1.165, 1.54) is 0 Å². The van der Waals surface area contributed by atoms with E-state index in [0.29, 0.717) is 44.3 Å². The summed E-state index contributed by atoms with van der Waals surface area (Å²) in [6.07, 6.45) is 8.04. The quantitative estimate of drug-likeness (QED) is 0.726. The first-order chi connectivity index (χ1) is 16.0. The van der Waals surface area contributed by atoms with E-state index in [9.17, 15) is 9.59 Å². The van der Waals surface area contributed by atoms with Gasteiger partial charge in [-0.25, -0.2) is 4.99 Å². The summed E-state index contributed by atoms with van der Waals surface area (Å²) in [5, 5.41) is 3.04. The van der Waals surface area contributed by atoms with Gasteiger partial charge in [0.15, 0.2) is 0 Å². The number of carbonyl (C=O) groups excluding carboxylic acids is 2. The van der Waals surface area contributed by atoms with Gasteiger partial charge in [-0.3, -0.25) is 9.59 Å². The first-order valence-electron chi connectivity index (χ1n) is 12.2. The highest BCUT2D eigenvalue weighted by Gasteiger charge is 2.51. The summed E-state index contributed by atoms with van der Waals surface area (Å²) < 4.78 is 0. The number of nitrogens with one attached hydrogen (secondary N) is 1. The summed E-state index contributed by atoms with van der Waals surface area (Å²) in [5.41, 5.74) is 6.35. The molecule has 0 aromatic heterocycles. The van der Waals surface area contributed by atoms with Gasteiger partial charge in [-0.1, -0.05) is 18.2 Å². The molecule has 8 nitrogen and oxygen atoms in total. The highest BCUT2D eigenvalue weighted by atomic mass is 16.2. The number of carbonyl (C=O) groups is 2. The monoisotopic (exact) mass is 450 g/mol. The minimum absolute atomic E-state index is 0.0893. The third-order valence-electron chi connectivity index (χ3n) is 7.79. The molecular weight excluding hydrogens is 416 g/mol. The van der Waals surface area contributed by atoms with E-state index in [-0.39, 0.29) is 17.7 Å². The number of hydrogen-bond donors (Lipinski definition) is 2. The molecule has 0 aliphatic carbocycles. The van der Waals surface area contributed by atoms with Crippen molar-refractivity contribution in [3.63, 3.8) is 0 Å². The maximum absolute atomic E-state index is 13.3. The molecular formula is C25H34N6O2. The molecule has 33 heavy (non-hydrogen) atoms. The van der Waals surface area contributed by atoms with Crippen molar-refractivity contribution in [2.45, 2.75) is 37.6 Å². The van der Waals surface area contributed by atoms with Crippen LogP contribution in [0.5, 0.6) is 0 Å². The van der Waals surface area contributed by atoms with Crippen LogP contribution >= 0.6 is 0 Å². The Kier molecular flexibility index (Phi) is 6.10. The second-order valence-electron chi connectivity index (χ2n) is 9.76. The second-order valence-corrected chi connectivity index (χ2v) is 9.76. The van der Waals surface area contributed by atoms with Gasteiger partial charge >= 0.3 is 0 Å². The molecule has 4 heterocycles. The molecule has 5 rings (SSSR count). The molecule has 2 amide bonds. The van der Waals surface area contributed by atoms with Crippen molar-refractivity contribution in [3.05, 3.63) is 42.2 Å². The average Bonchev–Trinajstić information content (AvgIpc) is 3.15. The normalized spacial score (nSPS) is 25.9. The molecule has 3 saturated heterocycles. The Labute approximate surface area is 195 Å². The number of hydrogen-bond acceptors (Lipinski definition) is 6. The molecule has 1 atom stereocenters. The summed E-state index contributed by atoms with van der Waals surface area (Å²) in [7, 11) is 0. The zero-order valence-corrected chi connectivity index (χ0v) is 19.2. The van der Waals surface area contributed by atoms with Gasteiger partial charge in [0.2, 0.25) is 11.8 Å². The number of para-hydroxylation sites is 1. The minimum Gasteiger partial charge on any atom is -0.384 e. The summed E-state index contributed by atoms with van der Waals surface area (Å²) in [4.78, 5) is 36.9. The lowest BCUT2D eigenvalue weighted by atomic mass is 9.84. The zero-order chi connectivity index (χ0) is 22.8. The lowest BCUT2D eigenvalue weighted by Crippen LogP contribution is -2.58. The van der Waals surface area contributed by atoms with Crippen molar-refractivity contribution < 1.29 is 9.59 Å². The van der Waals surface area contributed by atoms with Crippen LogP contribution in [0.3, 0.4) is 0 Å². The fourth-order valence-corrected chi connectivity index (χ4v) is 5.86. The van der Waals surface area contributed by atoms with Gasteiger partial charge < -0.3 is 25.8 Å². The van der Waals surface area contributed by atoms with Gasteiger partial charge in [0.1, 0.15) is 11.4 Å². The van der Waals surface area contributed by atoms with Gasteiger partial charge in [0, 0.05) is 37.5 Å². The van der Waals surface area contributed by atoms with E-state index in [0.717, 1.165) is 44.6 Å². The average molecular weight is 451 g/mol. The van der Waals surface area contributed by atoms with Crippen molar-refractivity contribution in [2.24, 2.45) is 22.6 Å². The van der Waals surface area contributed by atoms with Gasteiger partial charge in [-0.2, -0.15) is 0 Å². The fraction of sp³-hybridized carbons (Fsp3) is 0.560. The predicted octanol–water partition coefficient (Wildman–Crippen LogP) is 1.54. The van der Waals surface area contributed by atoms with Crippen molar-refractivity contribution in [1.29, 1.82) is 0 Å². The second kappa shape index (κ2) is 9.17. The molecule has 0 bridgehead atoms. The number of piperidine rings is 2. The SMILES string of the molecule is NC1=CC(CN2CCC(C(=O)N3CCC4(CC3)C(=O)NCN4c3ccccc3)CC2)CC=N1. The summed E-state index contributed by atoms with van der Waals surface area (Å²) >= 11 is 0. The highest BCUT2D eigenvalue weighted by molar-refractivity contribution is 5.93. The standard InChI is InChI=1S/C25H34N6O2/c26-22-16-19(6-11-27-22)17-29-12-7-20(8-13-29)23(32)30-14-9-25(10-15-30)24(33)28-18-31(25)21-4-2-1-3-5-21/h1-5,11,16,19-20H,6-10,12-15,17-18,26H2,(H,28,33). The van der Waals surface area contributed by atoms with Crippen LogP contribution < -0.4 is 16.0 Å². The first-order valence-corrected chi connectivity index (χ1v) is 12.2. The zero-order valence-electron chi connectivity index (χ0n) is 19.2. The largest absolute Gasteiger partial charge is 0.384 e. The summed E-state index contributed by atoms with van der Waals surface area (Å²) in [6.45, 7) is 4.68. The molecule has 1 unspecified atom stereocenters. The van der Waals surface area contributed by atoms with Crippen LogP contribution in [0.1, 0.15) is 32.1 Å². The lowest BCUT2D eigenvalue weighted by Gasteiger charge is -2.44. The Morgan fingerprint density at radius 2 is 1.85 bits per heavy atom. The molecule has 4 aliphatic rings. The van der Waals surface area contributed by atoms with Crippen molar-refractivity contribution >= 4 is 23.7 Å². The van der Waals surface area contributed by atoms with Crippen molar-refractivity contribution in [2.75, 3.05) is 44.3 Å². The van der Waals surface area contributed by atoms with E-state index < -0.39 is 5.54 Å². The van der Waals surface area contributed by atoms with E-state index in [1.54, 1.807) is 0 Å². The Morgan fingerprint density at radius 1 is 1.12 bits per heavy atom. The third-order valence-corrected chi connectivity index (χ3v) is 7.79. The Morgan fingerprint density at radius 3 is 2.55 bits per heavy atom. The summed E-state index contributed by atoms with van der Waals surface area (Å²) in [6, 6.07) is 10.1. The topological polar surface area (TPSA) is 94.3 Å². The predicted molar refractivity (Wildman–Crippen MR) is 129 cm³/mol. The van der Waals surface area contributed by atoms with Crippen LogP contribution in [-0.2, 0) is 9.59 Å². The van der Waals surface area contributed by atoms with Crippen molar-refractivity contribution in [3.8, 4) is 0 Å². The first kappa shape index (κ1) is 21.9. The van der Waals surface area contributed by atoms with E-state index >= 15 is 0 Å². The molecule has 1 aromatic carbocycles.